The largest absolute Gasteiger partial charge is 0.465 e. The summed E-state index contributed by atoms with van der Waals surface area (Å²) < 4.78 is 11.0. The van der Waals surface area contributed by atoms with E-state index >= 15 is 0 Å². The molecule has 2 aliphatic rings. The summed E-state index contributed by atoms with van der Waals surface area (Å²) >= 11 is 0. The Morgan fingerprint density at radius 3 is 2.81 bits per heavy atom. The van der Waals surface area contributed by atoms with Gasteiger partial charge in [-0.1, -0.05) is 25.1 Å². The molecule has 0 spiro atoms. The number of fused-ring (bicyclic) bond motifs is 2. The van der Waals surface area contributed by atoms with Gasteiger partial charge in [0.25, 0.3) is 5.91 Å². The van der Waals surface area contributed by atoms with Gasteiger partial charge in [0.1, 0.15) is 5.76 Å². The number of hydrogen-bond acceptors (Lipinski definition) is 5. The zero-order valence-electron chi connectivity index (χ0n) is 17.4. The first kappa shape index (κ1) is 19.5. The number of allylic oxidation sites excluding steroid dienone is 1. The first-order valence-corrected chi connectivity index (χ1v) is 10.7. The third-order valence-electron chi connectivity index (χ3n) is 5.76. The van der Waals surface area contributed by atoms with Crippen molar-refractivity contribution >= 4 is 34.4 Å². The Kier molecular flexibility index (Phi) is 5.06. The van der Waals surface area contributed by atoms with Crippen molar-refractivity contribution in [1.82, 2.24) is 10.3 Å². The summed E-state index contributed by atoms with van der Waals surface area (Å²) in [7, 11) is 0. The number of ether oxygens (including phenoxy) is 1. The minimum atomic E-state index is -0.479. The standard InChI is InChI=1S/C25H24N2O4/c1-15-11-16(13-18-5-4-10-30-18)24-20(12-15)23(19-6-2-3-7-21(19)27-24)25(29)31-14-22(28)26-17-8-9-17/h2-7,10,13,15,17H,8-9,11-12,14H2,1H3,(H,26,28)/b16-13+/t15-/m1/s1. The second kappa shape index (κ2) is 8.02. The molecular weight excluding hydrogens is 392 g/mol. The molecule has 31 heavy (non-hydrogen) atoms. The molecule has 3 aromatic rings. The van der Waals surface area contributed by atoms with Crippen molar-refractivity contribution in [2.24, 2.45) is 5.92 Å². The molecule has 6 heteroatoms. The number of carbonyl (C=O) groups is 2. The molecular formula is C25H24N2O4. The van der Waals surface area contributed by atoms with E-state index in [1.165, 1.54) is 0 Å². The predicted molar refractivity (Wildman–Crippen MR) is 117 cm³/mol. The molecule has 158 valence electrons. The third kappa shape index (κ3) is 4.10. The average molecular weight is 416 g/mol. The molecule has 2 aliphatic carbocycles. The minimum absolute atomic E-state index is 0.232. The number of aromatic nitrogens is 1. The van der Waals surface area contributed by atoms with Crippen LogP contribution in [0.1, 0.15) is 53.6 Å². The summed E-state index contributed by atoms with van der Waals surface area (Å²) in [6.07, 6.45) is 7.19. The van der Waals surface area contributed by atoms with Crippen molar-refractivity contribution in [2.75, 3.05) is 6.61 Å². The molecule has 1 saturated carbocycles. The molecule has 1 fully saturated rings. The number of pyridine rings is 1. The van der Waals surface area contributed by atoms with Crippen molar-refractivity contribution in [3.63, 3.8) is 0 Å². The van der Waals surface area contributed by atoms with Crippen molar-refractivity contribution in [1.29, 1.82) is 0 Å². The van der Waals surface area contributed by atoms with E-state index in [0.29, 0.717) is 11.5 Å². The second-order valence-electron chi connectivity index (χ2n) is 8.45. The van der Waals surface area contributed by atoms with E-state index in [2.05, 4.69) is 12.2 Å². The Morgan fingerprint density at radius 2 is 2.03 bits per heavy atom. The Balaban J connectivity index is 1.56. The van der Waals surface area contributed by atoms with Gasteiger partial charge < -0.3 is 14.5 Å². The van der Waals surface area contributed by atoms with Crippen LogP contribution in [0, 0.1) is 5.92 Å². The summed E-state index contributed by atoms with van der Waals surface area (Å²) in [5.74, 6) is 0.356. The molecule has 0 radical (unpaired) electrons. The number of para-hydroxylation sites is 1. The first-order valence-electron chi connectivity index (χ1n) is 10.7. The zero-order chi connectivity index (χ0) is 21.4. The number of carbonyl (C=O) groups excluding carboxylic acids is 2. The fraction of sp³-hybridized carbons (Fsp3) is 0.320. The van der Waals surface area contributed by atoms with E-state index in [9.17, 15) is 9.59 Å². The first-order chi connectivity index (χ1) is 15.1. The molecule has 0 unspecified atom stereocenters. The Morgan fingerprint density at radius 1 is 1.19 bits per heavy atom. The zero-order valence-corrected chi connectivity index (χ0v) is 17.4. The van der Waals surface area contributed by atoms with Crippen LogP contribution < -0.4 is 5.32 Å². The fourth-order valence-electron chi connectivity index (χ4n) is 4.21. The van der Waals surface area contributed by atoms with E-state index in [1.807, 2.05) is 42.5 Å². The summed E-state index contributed by atoms with van der Waals surface area (Å²) in [4.78, 5) is 30.1. The Bertz CT molecular complexity index is 1180. The number of hydrogen-bond donors (Lipinski definition) is 1. The molecule has 0 aliphatic heterocycles. The molecule has 2 aromatic heterocycles. The lowest BCUT2D eigenvalue weighted by molar-refractivity contribution is -0.124. The smallest absolute Gasteiger partial charge is 0.339 e. The summed E-state index contributed by atoms with van der Waals surface area (Å²) in [6, 6.07) is 11.6. The molecule has 5 rings (SSSR count). The molecule has 0 saturated heterocycles. The van der Waals surface area contributed by atoms with E-state index < -0.39 is 5.97 Å². The van der Waals surface area contributed by atoms with Gasteiger partial charge in [-0.3, -0.25) is 4.79 Å². The van der Waals surface area contributed by atoms with Crippen LogP contribution in [-0.2, 0) is 16.0 Å². The SMILES string of the molecule is C[C@@H]1C/C(=C\c2ccco2)c2nc3ccccc3c(C(=O)OCC(=O)NC3CC3)c2C1. The summed E-state index contributed by atoms with van der Waals surface area (Å²) in [5, 5.41) is 3.60. The Hall–Kier alpha value is -3.41. The molecule has 6 nitrogen and oxygen atoms in total. The van der Waals surface area contributed by atoms with Crippen LogP contribution in [0.5, 0.6) is 0 Å². The molecule has 2 heterocycles. The number of nitrogens with one attached hydrogen (secondary N) is 1. The van der Waals surface area contributed by atoms with Gasteiger partial charge in [0.15, 0.2) is 6.61 Å². The van der Waals surface area contributed by atoms with Crippen LogP contribution in [0.3, 0.4) is 0 Å². The highest BCUT2D eigenvalue weighted by Crippen LogP contribution is 2.38. The Labute approximate surface area is 180 Å². The number of nitrogens with zero attached hydrogens (tertiary/aromatic N) is 1. The monoisotopic (exact) mass is 416 g/mol. The van der Waals surface area contributed by atoms with Crippen LogP contribution in [0.25, 0.3) is 22.6 Å². The highest BCUT2D eigenvalue weighted by molar-refractivity contribution is 6.07. The lowest BCUT2D eigenvalue weighted by atomic mass is 9.81. The number of amides is 1. The third-order valence-corrected chi connectivity index (χ3v) is 5.76. The summed E-state index contributed by atoms with van der Waals surface area (Å²) in [6.45, 7) is 1.89. The highest BCUT2D eigenvalue weighted by Gasteiger charge is 2.29. The van der Waals surface area contributed by atoms with Crippen molar-refractivity contribution in [3.05, 3.63) is 65.2 Å². The fourth-order valence-corrected chi connectivity index (χ4v) is 4.21. The lowest BCUT2D eigenvalue weighted by Gasteiger charge is -2.26. The summed E-state index contributed by atoms with van der Waals surface area (Å²) in [5.41, 5.74) is 3.97. The number of esters is 1. The van der Waals surface area contributed by atoms with Gasteiger partial charge in [0.2, 0.25) is 0 Å². The van der Waals surface area contributed by atoms with Gasteiger partial charge >= 0.3 is 5.97 Å². The number of benzene rings is 1. The maximum Gasteiger partial charge on any atom is 0.339 e. The van der Waals surface area contributed by atoms with Crippen LogP contribution in [-0.4, -0.2) is 29.5 Å². The van der Waals surface area contributed by atoms with Gasteiger partial charge in [-0.25, -0.2) is 9.78 Å². The maximum absolute atomic E-state index is 13.2. The topological polar surface area (TPSA) is 81.4 Å². The maximum atomic E-state index is 13.2. The second-order valence-corrected chi connectivity index (χ2v) is 8.45. The van der Waals surface area contributed by atoms with Crippen molar-refractivity contribution in [2.45, 2.75) is 38.6 Å². The van der Waals surface area contributed by atoms with E-state index in [1.54, 1.807) is 6.26 Å². The van der Waals surface area contributed by atoms with Crippen LogP contribution >= 0.6 is 0 Å². The molecule has 1 amide bonds. The van der Waals surface area contributed by atoms with Gasteiger partial charge in [0.05, 0.1) is 23.0 Å². The molecule has 0 bridgehead atoms. The average Bonchev–Trinajstić information content (AvgIpc) is 3.42. The minimum Gasteiger partial charge on any atom is -0.465 e. The number of furan rings is 1. The quantitative estimate of drug-likeness (QED) is 0.624. The van der Waals surface area contributed by atoms with Gasteiger partial charge in [-0.2, -0.15) is 0 Å². The van der Waals surface area contributed by atoms with E-state index in [0.717, 1.165) is 59.2 Å². The van der Waals surface area contributed by atoms with Crippen LogP contribution in [0.4, 0.5) is 0 Å². The highest BCUT2D eigenvalue weighted by atomic mass is 16.5. The van der Waals surface area contributed by atoms with Crippen molar-refractivity contribution < 1.29 is 18.7 Å². The van der Waals surface area contributed by atoms with Gasteiger partial charge in [-0.15, -0.1) is 0 Å². The van der Waals surface area contributed by atoms with Crippen LogP contribution in [0.15, 0.2) is 47.1 Å². The van der Waals surface area contributed by atoms with Crippen molar-refractivity contribution in [3.8, 4) is 0 Å². The normalized spacial score (nSPS) is 19.3. The molecule has 1 atom stereocenters. The van der Waals surface area contributed by atoms with E-state index in [-0.39, 0.29) is 18.6 Å². The predicted octanol–water partition coefficient (Wildman–Crippen LogP) is 4.39. The van der Waals surface area contributed by atoms with E-state index in [4.69, 9.17) is 14.1 Å². The molecule has 1 N–H and O–H groups in total. The van der Waals surface area contributed by atoms with Gasteiger partial charge in [0, 0.05) is 11.4 Å². The van der Waals surface area contributed by atoms with Gasteiger partial charge in [-0.05, 0) is 67.0 Å². The lowest BCUT2D eigenvalue weighted by Crippen LogP contribution is -2.30. The molecule has 1 aromatic carbocycles. The van der Waals surface area contributed by atoms with Crippen LogP contribution in [0.2, 0.25) is 0 Å². The number of rotatable bonds is 5.